The largest absolute Gasteiger partial charge is 0.326 e. The van der Waals surface area contributed by atoms with Gasteiger partial charge in [0, 0.05) is 12.6 Å². The van der Waals surface area contributed by atoms with Crippen LogP contribution < -0.4 is 9.62 Å². The lowest BCUT2D eigenvalue weighted by Crippen LogP contribution is -2.42. The van der Waals surface area contributed by atoms with Crippen molar-refractivity contribution in [2.24, 2.45) is 0 Å². The highest BCUT2D eigenvalue weighted by Crippen LogP contribution is 2.28. The maximum Gasteiger partial charge on any atom is 0.265 e. The number of benzene rings is 2. The molecule has 0 aliphatic heterocycles. The van der Waals surface area contributed by atoms with Gasteiger partial charge < -0.3 is 5.32 Å². The first-order chi connectivity index (χ1) is 12.7. The molecule has 27 heavy (non-hydrogen) atoms. The number of sulfonamides is 1. The number of amides is 1. The predicted molar refractivity (Wildman–Crippen MR) is 107 cm³/mol. The Bertz CT molecular complexity index is 925. The number of carbonyl (C=O) groups excluding carboxylic acids is 2. The van der Waals surface area contributed by atoms with Crippen molar-refractivity contribution in [1.82, 2.24) is 0 Å². The van der Waals surface area contributed by atoms with E-state index < -0.39 is 21.3 Å². The lowest BCUT2D eigenvalue weighted by Gasteiger charge is -2.28. The second kappa shape index (κ2) is 8.54. The van der Waals surface area contributed by atoms with Crippen molar-refractivity contribution in [2.45, 2.75) is 38.1 Å². The third-order valence-corrected chi connectivity index (χ3v) is 6.24. The maximum absolute atomic E-state index is 13.2. The van der Waals surface area contributed by atoms with Gasteiger partial charge in [-0.1, -0.05) is 19.1 Å². The van der Waals surface area contributed by atoms with Crippen LogP contribution in [0.2, 0.25) is 0 Å². The molecule has 1 N–H and O–H groups in total. The molecule has 2 aromatic rings. The molecule has 0 spiro atoms. The molecule has 6 nitrogen and oxygen atoms in total. The van der Waals surface area contributed by atoms with E-state index in [1.807, 2.05) is 19.1 Å². The molecule has 1 atom stereocenters. The van der Waals surface area contributed by atoms with E-state index in [4.69, 9.17) is 11.6 Å². The fourth-order valence-corrected chi connectivity index (χ4v) is 4.34. The van der Waals surface area contributed by atoms with E-state index in [1.54, 1.807) is 12.1 Å². The summed E-state index contributed by atoms with van der Waals surface area (Å²) in [5.74, 6) is -0.260. The van der Waals surface area contributed by atoms with E-state index in [2.05, 4.69) is 5.32 Å². The molecule has 0 aliphatic carbocycles. The zero-order valence-corrected chi connectivity index (χ0v) is 16.8. The first-order valence-corrected chi connectivity index (χ1v) is 10.2. The summed E-state index contributed by atoms with van der Waals surface area (Å²) in [6.07, 6.45) is 0.807. The second-order valence-corrected chi connectivity index (χ2v) is 8.19. The van der Waals surface area contributed by atoms with Crippen molar-refractivity contribution in [3.8, 4) is 0 Å². The molecular formula is C19H21ClN2O4S. The summed E-state index contributed by atoms with van der Waals surface area (Å²) in [6, 6.07) is 11.6. The van der Waals surface area contributed by atoms with Crippen molar-refractivity contribution in [2.75, 3.05) is 9.62 Å². The second-order valence-electron chi connectivity index (χ2n) is 6.01. The highest BCUT2D eigenvalue weighted by Gasteiger charge is 2.32. The summed E-state index contributed by atoms with van der Waals surface area (Å²) in [7, 11) is -4.05. The normalized spacial score (nSPS) is 12.3. The van der Waals surface area contributed by atoms with Crippen LogP contribution in [0.3, 0.4) is 0 Å². The Balaban J connectivity index is 2.49. The van der Waals surface area contributed by atoms with Crippen LogP contribution in [0.1, 0.15) is 26.3 Å². The number of aryl methyl sites for hydroxylation is 1. The maximum atomic E-state index is 13.2. The van der Waals surface area contributed by atoms with E-state index in [9.17, 15) is 18.0 Å². The van der Waals surface area contributed by atoms with Crippen molar-refractivity contribution in [3.05, 3.63) is 54.1 Å². The number of carbonyl (C=O) groups is 2. The summed E-state index contributed by atoms with van der Waals surface area (Å²) in [4.78, 5) is 22.8. The van der Waals surface area contributed by atoms with Crippen LogP contribution >= 0.6 is 11.6 Å². The number of anilines is 2. The molecule has 2 aromatic carbocycles. The van der Waals surface area contributed by atoms with Crippen LogP contribution in [0.4, 0.5) is 11.4 Å². The fourth-order valence-electron chi connectivity index (χ4n) is 2.57. The first-order valence-electron chi connectivity index (χ1n) is 8.37. The molecular weight excluding hydrogens is 388 g/mol. The quantitative estimate of drug-likeness (QED) is 0.710. The van der Waals surface area contributed by atoms with Crippen LogP contribution in [-0.4, -0.2) is 25.6 Å². The summed E-state index contributed by atoms with van der Waals surface area (Å²) in [6.45, 7) is 4.79. The van der Waals surface area contributed by atoms with E-state index in [-0.39, 0.29) is 10.8 Å². The van der Waals surface area contributed by atoms with Gasteiger partial charge in [-0.3, -0.25) is 13.9 Å². The summed E-state index contributed by atoms with van der Waals surface area (Å²) in [5, 5.41) is 1.79. The first kappa shape index (κ1) is 20.9. The van der Waals surface area contributed by atoms with E-state index in [1.165, 1.54) is 38.1 Å². The number of rotatable bonds is 7. The highest BCUT2D eigenvalue weighted by atomic mass is 35.5. The number of hydrogen-bond acceptors (Lipinski definition) is 4. The Labute approximate surface area is 164 Å². The minimum Gasteiger partial charge on any atom is -0.326 e. The molecule has 0 bridgehead atoms. The van der Waals surface area contributed by atoms with Crippen molar-refractivity contribution < 1.29 is 18.0 Å². The molecule has 8 heteroatoms. The monoisotopic (exact) mass is 408 g/mol. The topological polar surface area (TPSA) is 83.6 Å². The third kappa shape index (κ3) is 4.87. The molecule has 144 valence electrons. The van der Waals surface area contributed by atoms with E-state index >= 15 is 0 Å². The molecule has 1 unspecified atom stereocenters. The van der Waals surface area contributed by atoms with Gasteiger partial charge in [0.05, 0.1) is 10.6 Å². The standard InChI is InChI=1S/C19H21ClN2O4S/c1-4-15-5-9-17(10-6-15)22(13(2)19(20)24)27(25,26)18-11-7-16(8-12-18)21-14(3)23/h5-13H,4H2,1-3H3,(H,21,23). The van der Waals surface area contributed by atoms with Gasteiger partial charge in [0.1, 0.15) is 6.04 Å². The molecule has 0 fully saturated rings. The Morgan fingerprint density at radius 1 is 1.07 bits per heavy atom. The molecule has 0 saturated carbocycles. The zero-order chi connectivity index (χ0) is 20.2. The predicted octanol–water partition coefficient (Wildman–Crippen LogP) is 3.56. The minimum absolute atomic E-state index is 0.0130. The van der Waals surface area contributed by atoms with Crippen molar-refractivity contribution >= 4 is 44.1 Å². The zero-order valence-electron chi connectivity index (χ0n) is 15.3. The van der Waals surface area contributed by atoms with Crippen LogP contribution in [0.15, 0.2) is 53.4 Å². The highest BCUT2D eigenvalue weighted by molar-refractivity contribution is 7.93. The van der Waals surface area contributed by atoms with Gasteiger partial charge in [0.25, 0.3) is 10.0 Å². The van der Waals surface area contributed by atoms with Crippen LogP contribution in [0.25, 0.3) is 0 Å². The van der Waals surface area contributed by atoms with Gasteiger partial charge >= 0.3 is 0 Å². The van der Waals surface area contributed by atoms with Crippen molar-refractivity contribution in [3.63, 3.8) is 0 Å². The van der Waals surface area contributed by atoms with Crippen molar-refractivity contribution in [1.29, 1.82) is 0 Å². The Hall–Kier alpha value is -2.38. The summed E-state index contributed by atoms with van der Waals surface area (Å²) >= 11 is 5.61. The van der Waals surface area contributed by atoms with Gasteiger partial charge in [-0.2, -0.15) is 0 Å². The van der Waals surface area contributed by atoms with Gasteiger partial charge in [-0.05, 0) is 66.9 Å². The molecule has 0 radical (unpaired) electrons. The molecule has 0 aromatic heterocycles. The average molecular weight is 409 g/mol. The number of hydrogen-bond donors (Lipinski definition) is 1. The minimum atomic E-state index is -4.05. The average Bonchev–Trinajstić information content (AvgIpc) is 2.62. The number of halogens is 1. The van der Waals surface area contributed by atoms with Gasteiger partial charge in [-0.15, -0.1) is 0 Å². The van der Waals surface area contributed by atoms with Gasteiger partial charge in [0.2, 0.25) is 11.1 Å². The van der Waals surface area contributed by atoms with Crippen LogP contribution in [0, 0.1) is 0 Å². The molecule has 0 heterocycles. The van der Waals surface area contributed by atoms with E-state index in [0.29, 0.717) is 11.4 Å². The van der Waals surface area contributed by atoms with Crippen LogP contribution in [0.5, 0.6) is 0 Å². The molecule has 0 aliphatic rings. The van der Waals surface area contributed by atoms with Crippen LogP contribution in [-0.2, 0) is 26.0 Å². The van der Waals surface area contributed by atoms with Gasteiger partial charge in [0.15, 0.2) is 0 Å². The lowest BCUT2D eigenvalue weighted by molar-refractivity contribution is -0.114. The number of nitrogens with one attached hydrogen (secondary N) is 1. The van der Waals surface area contributed by atoms with Gasteiger partial charge in [-0.25, -0.2) is 8.42 Å². The fraction of sp³-hybridized carbons (Fsp3) is 0.263. The molecule has 1 amide bonds. The number of nitrogens with zero attached hydrogens (tertiary/aromatic N) is 1. The molecule has 2 rings (SSSR count). The molecule has 0 saturated heterocycles. The third-order valence-electron chi connectivity index (χ3n) is 4.01. The Morgan fingerprint density at radius 3 is 2.07 bits per heavy atom. The Kier molecular flexibility index (Phi) is 6.62. The SMILES string of the molecule is CCc1ccc(N(C(C)C(=O)Cl)S(=O)(=O)c2ccc(NC(C)=O)cc2)cc1. The van der Waals surface area contributed by atoms with E-state index in [0.717, 1.165) is 16.3 Å². The Morgan fingerprint density at radius 2 is 1.63 bits per heavy atom. The summed E-state index contributed by atoms with van der Waals surface area (Å²) < 4.78 is 27.4. The summed E-state index contributed by atoms with van der Waals surface area (Å²) in [5.41, 5.74) is 1.86. The lowest BCUT2D eigenvalue weighted by atomic mass is 10.1. The smallest absolute Gasteiger partial charge is 0.265 e.